The van der Waals surface area contributed by atoms with Crippen molar-refractivity contribution in [3.8, 4) is 0 Å². The minimum Gasteiger partial charge on any atom is -0.261 e. The zero-order valence-electron chi connectivity index (χ0n) is 9.74. The number of benzene rings is 1. The predicted molar refractivity (Wildman–Crippen MR) is 71.1 cm³/mol. The van der Waals surface area contributed by atoms with Crippen LogP contribution < -0.4 is 4.72 Å². The minimum atomic E-state index is -3.63. The average molecular weight is 274 g/mol. The van der Waals surface area contributed by atoms with E-state index < -0.39 is 10.0 Å². The van der Waals surface area contributed by atoms with E-state index in [4.69, 9.17) is 0 Å². The van der Waals surface area contributed by atoms with E-state index in [2.05, 4.69) is 19.9 Å². The molecule has 6 nitrogen and oxygen atoms in total. The number of rotatable bonds is 3. The zero-order valence-corrected chi connectivity index (χ0v) is 10.6. The Hall–Kier alpha value is -2.41. The maximum atomic E-state index is 12.2. The molecule has 0 saturated heterocycles. The van der Waals surface area contributed by atoms with Gasteiger partial charge < -0.3 is 0 Å². The summed E-state index contributed by atoms with van der Waals surface area (Å²) in [5, 5.41) is 7.23. The smallest absolute Gasteiger partial charge is 0.261 e. The standard InChI is InChI=1S/C12H10N4O2S/c17-19(18,9-5-2-1-3-6-9)16-12-10-7-4-8-13-11(10)14-15-12/h1-8H,(H2,13,14,15,16). The quantitative estimate of drug-likeness (QED) is 0.761. The van der Waals surface area contributed by atoms with Gasteiger partial charge in [-0.05, 0) is 24.3 Å². The van der Waals surface area contributed by atoms with Gasteiger partial charge in [0.1, 0.15) is 0 Å². The van der Waals surface area contributed by atoms with Gasteiger partial charge in [-0.15, -0.1) is 0 Å². The first-order chi connectivity index (χ1) is 9.17. The van der Waals surface area contributed by atoms with Gasteiger partial charge in [0, 0.05) is 6.20 Å². The Bertz CT molecular complexity index is 812. The molecule has 0 spiro atoms. The van der Waals surface area contributed by atoms with Gasteiger partial charge in [0.15, 0.2) is 11.5 Å². The van der Waals surface area contributed by atoms with Crippen LogP contribution in [0.1, 0.15) is 0 Å². The lowest BCUT2D eigenvalue weighted by Crippen LogP contribution is -2.13. The summed E-state index contributed by atoms with van der Waals surface area (Å²) >= 11 is 0. The normalized spacial score (nSPS) is 11.6. The maximum Gasteiger partial charge on any atom is 0.263 e. The number of H-pyrrole nitrogens is 1. The summed E-state index contributed by atoms with van der Waals surface area (Å²) in [4.78, 5) is 4.24. The average Bonchev–Trinajstić information content (AvgIpc) is 2.83. The van der Waals surface area contributed by atoms with Crippen molar-refractivity contribution in [2.45, 2.75) is 4.90 Å². The van der Waals surface area contributed by atoms with Crippen LogP contribution in [0.15, 0.2) is 53.6 Å². The van der Waals surface area contributed by atoms with E-state index in [1.165, 1.54) is 12.1 Å². The lowest BCUT2D eigenvalue weighted by atomic mass is 10.3. The highest BCUT2D eigenvalue weighted by Gasteiger charge is 2.16. The van der Waals surface area contributed by atoms with E-state index in [1.54, 1.807) is 36.5 Å². The van der Waals surface area contributed by atoms with Crippen LogP contribution in [0.2, 0.25) is 0 Å². The Morgan fingerprint density at radius 3 is 2.63 bits per heavy atom. The van der Waals surface area contributed by atoms with E-state index in [0.717, 1.165) is 0 Å². The molecule has 0 radical (unpaired) electrons. The van der Waals surface area contributed by atoms with Crippen molar-refractivity contribution in [1.29, 1.82) is 0 Å². The second-order valence-corrected chi connectivity index (χ2v) is 5.57. The molecule has 0 saturated carbocycles. The fourth-order valence-corrected chi connectivity index (χ4v) is 2.76. The number of anilines is 1. The molecule has 19 heavy (non-hydrogen) atoms. The van der Waals surface area contributed by atoms with Crippen LogP contribution >= 0.6 is 0 Å². The van der Waals surface area contributed by atoms with Crippen molar-refractivity contribution in [3.63, 3.8) is 0 Å². The van der Waals surface area contributed by atoms with E-state index in [1.807, 2.05) is 0 Å². The second kappa shape index (κ2) is 4.36. The van der Waals surface area contributed by atoms with Crippen LogP contribution in [0.25, 0.3) is 11.0 Å². The number of pyridine rings is 1. The topological polar surface area (TPSA) is 87.7 Å². The molecule has 1 aromatic carbocycles. The number of aromatic amines is 1. The Balaban J connectivity index is 2.02. The first kappa shape index (κ1) is 11.7. The van der Waals surface area contributed by atoms with Crippen molar-refractivity contribution in [1.82, 2.24) is 15.2 Å². The van der Waals surface area contributed by atoms with Gasteiger partial charge in [0.25, 0.3) is 10.0 Å². The number of hydrogen-bond donors (Lipinski definition) is 2. The van der Waals surface area contributed by atoms with Crippen molar-refractivity contribution < 1.29 is 8.42 Å². The molecule has 0 unspecified atom stereocenters. The number of nitrogens with zero attached hydrogens (tertiary/aromatic N) is 2. The molecule has 96 valence electrons. The zero-order chi connectivity index (χ0) is 13.3. The lowest BCUT2D eigenvalue weighted by molar-refractivity contribution is 0.601. The molecule has 0 bridgehead atoms. The van der Waals surface area contributed by atoms with Crippen LogP contribution in [0, 0.1) is 0 Å². The molecule has 0 atom stereocenters. The van der Waals surface area contributed by atoms with Crippen LogP contribution in [0.3, 0.4) is 0 Å². The van der Waals surface area contributed by atoms with Gasteiger partial charge >= 0.3 is 0 Å². The molecular weight excluding hydrogens is 264 g/mol. The molecule has 0 fully saturated rings. The largest absolute Gasteiger partial charge is 0.263 e. The van der Waals surface area contributed by atoms with Gasteiger partial charge in [-0.25, -0.2) is 13.4 Å². The van der Waals surface area contributed by atoms with E-state index >= 15 is 0 Å². The fraction of sp³-hybridized carbons (Fsp3) is 0. The van der Waals surface area contributed by atoms with Crippen molar-refractivity contribution in [2.75, 3.05) is 4.72 Å². The molecule has 2 aromatic heterocycles. The number of hydrogen-bond acceptors (Lipinski definition) is 4. The highest BCUT2D eigenvalue weighted by Crippen LogP contribution is 2.21. The fourth-order valence-electron chi connectivity index (χ4n) is 1.72. The van der Waals surface area contributed by atoms with Crippen molar-refractivity contribution >= 4 is 26.9 Å². The van der Waals surface area contributed by atoms with Crippen molar-refractivity contribution in [2.24, 2.45) is 0 Å². The number of sulfonamides is 1. The number of aromatic nitrogens is 3. The SMILES string of the molecule is O=S(=O)(Nc1n[nH]c2ncccc12)c1ccccc1. The summed E-state index contributed by atoms with van der Waals surface area (Å²) < 4.78 is 26.8. The summed E-state index contributed by atoms with van der Waals surface area (Å²) in [5.74, 6) is 0.243. The summed E-state index contributed by atoms with van der Waals surface area (Å²) in [6.45, 7) is 0. The van der Waals surface area contributed by atoms with Gasteiger partial charge in [-0.3, -0.25) is 9.82 Å². The number of fused-ring (bicyclic) bond motifs is 1. The van der Waals surface area contributed by atoms with Gasteiger partial charge in [-0.1, -0.05) is 18.2 Å². The summed E-state index contributed by atoms with van der Waals surface area (Å²) in [6, 6.07) is 11.6. The minimum absolute atomic E-state index is 0.190. The van der Waals surface area contributed by atoms with Crippen molar-refractivity contribution in [3.05, 3.63) is 48.7 Å². The van der Waals surface area contributed by atoms with E-state index in [9.17, 15) is 8.42 Å². The van der Waals surface area contributed by atoms with Crippen LogP contribution in [0.5, 0.6) is 0 Å². The third-order valence-electron chi connectivity index (χ3n) is 2.62. The Kier molecular flexibility index (Phi) is 2.68. The predicted octanol–water partition coefficient (Wildman–Crippen LogP) is 1.76. The summed E-state index contributed by atoms with van der Waals surface area (Å²) in [7, 11) is -3.63. The van der Waals surface area contributed by atoms with Gasteiger partial charge in [0.2, 0.25) is 0 Å². The summed E-state index contributed by atoms with van der Waals surface area (Å²) in [6.07, 6.45) is 1.61. The van der Waals surface area contributed by atoms with Crippen LogP contribution in [-0.2, 0) is 10.0 Å². The van der Waals surface area contributed by atoms with Crippen LogP contribution in [-0.4, -0.2) is 23.6 Å². The third kappa shape index (κ3) is 2.15. The first-order valence-electron chi connectivity index (χ1n) is 5.54. The molecule has 3 aromatic rings. The molecule has 0 amide bonds. The van der Waals surface area contributed by atoms with Crippen LogP contribution in [0.4, 0.5) is 5.82 Å². The highest BCUT2D eigenvalue weighted by molar-refractivity contribution is 7.92. The van der Waals surface area contributed by atoms with Gasteiger partial charge in [0.05, 0.1) is 10.3 Å². The molecular formula is C12H10N4O2S. The summed E-state index contributed by atoms with van der Waals surface area (Å²) in [5.41, 5.74) is 0.535. The Morgan fingerprint density at radius 1 is 1.05 bits per heavy atom. The molecule has 0 aliphatic heterocycles. The Labute approximate surface area is 109 Å². The van der Waals surface area contributed by atoms with Gasteiger partial charge in [-0.2, -0.15) is 5.10 Å². The maximum absolute atomic E-state index is 12.2. The monoisotopic (exact) mass is 274 g/mol. The van der Waals surface area contributed by atoms with E-state index in [0.29, 0.717) is 11.0 Å². The second-order valence-electron chi connectivity index (χ2n) is 3.89. The first-order valence-corrected chi connectivity index (χ1v) is 7.02. The molecule has 2 N–H and O–H groups in total. The molecule has 7 heteroatoms. The lowest BCUT2D eigenvalue weighted by Gasteiger charge is -2.05. The molecule has 0 aliphatic rings. The third-order valence-corrected chi connectivity index (χ3v) is 3.98. The molecule has 2 heterocycles. The molecule has 0 aliphatic carbocycles. The highest BCUT2D eigenvalue weighted by atomic mass is 32.2. The van der Waals surface area contributed by atoms with E-state index in [-0.39, 0.29) is 10.7 Å². The molecule has 3 rings (SSSR count). The number of nitrogens with one attached hydrogen (secondary N) is 2. The Morgan fingerprint density at radius 2 is 1.84 bits per heavy atom.